The molecule has 0 fully saturated rings. The molecule has 5 heteroatoms. The van der Waals surface area contributed by atoms with Crippen molar-refractivity contribution in [3.05, 3.63) is 58.7 Å². The Balaban J connectivity index is 2.58. The van der Waals surface area contributed by atoms with Crippen molar-refractivity contribution in [1.29, 1.82) is 0 Å². The number of hydrogen-bond acceptors (Lipinski definition) is 5. The molecule has 0 saturated carbocycles. The third kappa shape index (κ3) is 3.51. The molecule has 2 aromatic carbocycles. The highest BCUT2D eigenvalue weighted by Crippen LogP contribution is 2.29. The van der Waals surface area contributed by atoms with E-state index in [4.69, 9.17) is 9.47 Å². The lowest BCUT2D eigenvalue weighted by Crippen LogP contribution is -2.15. The Labute approximate surface area is 135 Å². The highest BCUT2D eigenvalue weighted by atomic mass is 16.5. The fourth-order valence-corrected chi connectivity index (χ4v) is 2.24. The van der Waals surface area contributed by atoms with Crippen molar-refractivity contribution in [1.82, 2.24) is 0 Å². The zero-order chi connectivity index (χ0) is 17.0. The quantitative estimate of drug-likeness (QED) is 0.873. The summed E-state index contributed by atoms with van der Waals surface area (Å²) in [6.07, 6.45) is 0. The predicted molar refractivity (Wildman–Crippen MR) is 88.3 cm³/mol. The molecule has 2 rings (SSSR count). The normalized spacial score (nSPS) is 10.1. The van der Waals surface area contributed by atoms with Crippen LogP contribution < -0.4 is 5.32 Å². The molecule has 0 saturated heterocycles. The maximum Gasteiger partial charge on any atom is 0.340 e. The van der Waals surface area contributed by atoms with Gasteiger partial charge >= 0.3 is 11.9 Å². The molecule has 0 bridgehead atoms. The van der Waals surface area contributed by atoms with Gasteiger partial charge in [-0.15, -0.1) is 0 Å². The molecule has 1 N–H and O–H groups in total. The standard InChI is InChI=1S/C18H19NO4/c1-11-5-8-13(9-6-11)19-16-12(2)7-10-14(17(20)22-3)15(16)18(21)23-4/h5-10,19H,1-4H3. The molecule has 0 amide bonds. The van der Waals surface area contributed by atoms with E-state index in [2.05, 4.69) is 5.32 Å². The number of esters is 2. The van der Waals surface area contributed by atoms with Gasteiger partial charge in [0, 0.05) is 5.69 Å². The minimum atomic E-state index is -0.594. The molecule has 0 aromatic heterocycles. The molecular formula is C18H19NO4. The molecule has 0 atom stereocenters. The van der Waals surface area contributed by atoms with Crippen LogP contribution in [-0.2, 0) is 9.47 Å². The van der Waals surface area contributed by atoms with E-state index >= 15 is 0 Å². The first-order chi connectivity index (χ1) is 11.0. The van der Waals surface area contributed by atoms with Crippen molar-refractivity contribution >= 4 is 23.3 Å². The zero-order valence-electron chi connectivity index (χ0n) is 13.6. The molecule has 0 aliphatic heterocycles. The van der Waals surface area contributed by atoms with Gasteiger partial charge in [-0.05, 0) is 37.6 Å². The zero-order valence-corrected chi connectivity index (χ0v) is 13.6. The second-order valence-electron chi connectivity index (χ2n) is 5.15. The third-order valence-corrected chi connectivity index (χ3v) is 3.53. The highest BCUT2D eigenvalue weighted by molar-refractivity contribution is 6.08. The van der Waals surface area contributed by atoms with Gasteiger partial charge in [0.1, 0.15) is 0 Å². The van der Waals surface area contributed by atoms with Gasteiger partial charge in [-0.1, -0.05) is 23.8 Å². The number of rotatable bonds is 4. The summed E-state index contributed by atoms with van der Waals surface area (Å²) in [5.41, 5.74) is 3.62. The van der Waals surface area contributed by atoms with Gasteiger partial charge in [0.15, 0.2) is 0 Å². The van der Waals surface area contributed by atoms with Crippen molar-refractivity contribution in [3.8, 4) is 0 Å². The van der Waals surface area contributed by atoms with Crippen molar-refractivity contribution in [3.63, 3.8) is 0 Å². The van der Waals surface area contributed by atoms with Crippen molar-refractivity contribution < 1.29 is 19.1 Å². The molecule has 23 heavy (non-hydrogen) atoms. The van der Waals surface area contributed by atoms with Crippen LogP contribution in [0.25, 0.3) is 0 Å². The number of methoxy groups -OCH3 is 2. The van der Waals surface area contributed by atoms with Crippen LogP contribution in [0.2, 0.25) is 0 Å². The number of ether oxygens (including phenoxy) is 2. The number of anilines is 2. The largest absolute Gasteiger partial charge is 0.465 e. The molecule has 0 spiro atoms. The molecule has 5 nitrogen and oxygen atoms in total. The van der Waals surface area contributed by atoms with Crippen LogP contribution in [0, 0.1) is 13.8 Å². The maximum atomic E-state index is 12.2. The average Bonchev–Trinajstić information content (AvgIpc) is 2.57. The van der Waals surface area contributed by atoms with E-state index in [0.29, 0.717) is 5.69 Å². The molecule has 0 radical (unpaired) electrons. The summed E-state index contributed by atoms with van der Waals surface area (Å²) in [7, 11) is 2.55. The Hall–Kier alpha value is -2.82. The summed E-state index contributed by atoms with van der Waals surface area (Å²) in [5.74, 6) is -1.18. The molecule has 0 unspecified atom stereocenters. The molecule has 120 valence electrons. The van der Waals surface area contributed by atoms with E-state index in [1.54, 1.807) is 12.1 Å². The Morgan fingerprint density at radius 1 is 0.870 bits per heavy atom. The van der Waals surface area contributed by atoms with E-state index < -0.39 is 11.9 Å². The van der Waals surface area contributed by atoms with Crippen LogP contribution >= 0.6 is 0 Å². The van der Waals surface area contributed by atoms with Gasteiger partial charge in [-0.3, -0.25) is 0 Å². The van der Waals surface area contributed by atoms with Crippen LogP contribution in [0.5, 0.6) is 0 Å². The van der Waals surface area contributed by atoms with Gasteiger partial charge in [0.2, 0.25) is 0 Å². The molecule has 0 aliphatic rings. The highest BCUT2D eigenvalue weighted by Gasteiger charge is 2.24. The molecular weight excluding hydrogens is 294 g/mol. The van der Waals surface area contributed by atoms with Gasteiger partial charge < -0.3 is 14.8 Å². The lowest BCUT2D eigenvalue weighted by atomic mass is 10.0. The average molecular weight is 313 g/mol. The van der Waals surface area contributed by atoms with E-state index in [1.807, 2.05) is 38.1 Å². The van der Waals surface area contributed by atoms with Crippen molar-refractivity contribution in [2.45, 2.75) is 13.8 Å². The van der Waals surface area contributed by atoms with E-state index in [9.17, 15) is 9.59 Å². The topological polar surface area (TPSA) is 64.6 Å². The van der Waals surface area contributed by atoms with Gasteiger partial charge in [0.25, 0.3) is 0 Å². The summed E-state index contributed by atoms with van der Waals surface area (Å²) in [5, 5.41) is 3.19. The number of benzene rings is 2. The van der Waals surface area contributed by atoms with Crippen LogP contribution in [0.15, 0.2) is 36.4 Å². The number of nitrogens with one attached hydrogen (secondary N) is 1. The van der Waals surface area contributed by atoms with Crippen LogP contribution in [-0.4, -0.2) is 26.2 Å². The number of hydrogen-bond donors (Lipinski definition) is 1. The minimum absolute atomic E-state index is 0.166. The first-order valence-corrected chi connectivity index (χ1v) is 7.12. The minimum Gasteiger partial charge on any atom is -0.465 e. The SMILES string of the molecule is COC(=O)c1ccc(C)c(Nc2ccc(C)cc2)c1C(=O)OC. The van der Waals surface area contributed by atoms with Crippen molar-refractivity contribution in [2.75, 3.05) is 19.5 Å². The summed E-state index contributed by atoms with van der Waals surface area (Å²) in [6, 6.07) is 11.0. The lowest BCUT2D eigenvalue weighted by molar-refractivity contribution is 0.0556. The van der Waals surface area contributed by atoms with Gasteiger partial charge in [-0.25, -0.2) is 9.59 Å². The van der Waals surface area contributed by atoms with E-state index in [1.165, 1.54) is 14.2 Å². The van der Waals surface area contributed by atoms with Crippen LogP contribution in [0.4, 0.5) is 11.4 Å². The van der Waals surface area contributed by atoms with Gasteiger partial charge in [-0.2, -0.15) is 0 Å². The predicted octanol–water partition coefficient (Wildman–Crippen LogP) is 3.62. The Morgan fingerprint density at radius 3 is 2.04 bits per heavy atom. The summed E-state index contributed by atoms with van der Waals surface area (Å²) in [6.45, 7) is 3.84. The maximum absolute atomic E-state index is 12.2. The molecule has 2 aromatic rings. The summed E-state index contributed by atoms with van der Waals surface area (Å²) < 4.78 is 9.60. The number of carbonyl (C=O) groups excluding carboxylic acids is 2. The Kier molecular flexibility index (Phi) is 5.01. The van der Waals surface area contributed by atoms with Crippen LogP contribution in [0.3, 0.4) is 0 Å². The summed E-state index contributed by atoms with van der Waals surface area (Å²) in [4.78, 5) is 24.2. The van der Waals surface area contributed by atoms with Gasteiger partial charge in [0.05, 0.1) is 31.0 Å². The summed E-state index contributed by atoms with van der Waals surface area (Å²) >= 11 is 0. The van der Waals surface area contributed by atoms with E-state index in [0.717, 1.165) is 16.8 Å². The second kappa shape index (κ2) is 6.96. The Morgan fingerprint density at radius 2 is 1.48 bits per heavy atom. The lowest BCUT2D eigenvalue weighted by Gasteiger charge is -2.16. The first-order valence-electron chi connectivity index (χ1n) is 7.12. The Bertz CT molecular complexity index is 735. The third-order valence-electron chi connectivity index (χ3n) is 3.53. The fourth-order valence-electron chi connectivity index (χ4n) is 2.24. The van der Waals surface area contributed by atoms with Crippen LogP contribution in [0.1, 0.15) is 31.8 Å². The molecule has 0 heterocycles. The van der Waals surface area contributed by atoms with Crippen molar-refractivity contribution in [2.24, 2.45) is 0 Å². The number of carbonyl (C=O) groups is 2. The van der Waals surface area contributed by atoms with E-state index in [-0.39, 0.29) is 11.1 Å². The first kappa shape index (κ1) is 16.5. The second-order valence-corrected chi connectivity index (χ2v) is 5.15. The fraction of sp³-hybridized carbons (Fsp3) is 0.222. The number of aryl methyl sites for hydroxylation is 2. The monoisotopic (exact) mass is 313 g/mol. The smallest absolute Gasteiger partial charge is 0.340 e. The molecule has 0 aliphatic carbocycles.